The summed E-state index contributed by atoms with van der Waals surface area (Å²) in [5, 5.41) is 28.8. The van der Waals surface area contributed by atoms with E-state index in [0.717, 1.165) is 0 Å². The van der Waals surface area contributed by atoms with Gasteiger partial charge in [0, 0.05) is 22.9 Å². The molecule has 0 unspecified atom stereocenters. The van der Waals surface area contributed by atoms with Crippen LogP contribution in [0.1, 0.15) is 28.9 Å². The smallest absolute Gasteiger partial charge is 0.303 e. The summed E-state index contributed by atoms with van der Waals surface area (Å²) < 4.78 is 14.3. The number of ketones is 1. The van der Waals surface area contributed by atoms with Gasteiger partial charge in [-0.25, -0.2) is 9.37 Å². The van der Waals surface area contributed by atoms with Gasteiger partial charge in [-0.05, 0) is 6.07 Å². The molecule has 0 aliphatic rings. The first-order chi connectivity index (χ1) is 12.9. The molecule has 7 heteroatoms. The van der Waals surface area contributed by atoms with Gasteiger partial charge in [0.25, 0.3) is 0 Å². The fourth-order valence-corrected chi connectivity index (χ4v) is 2.82. The van der Waals surface area contributed by atoms with E-state index in [1.807, 2.05) is 6.07 Å². The second-order valence-corrected chi connectivity index (χ2v) is 5.79. The molecule has 6 nitrogen and oxygen atoms in total. The Morgan fingerprint density at radius 3 is 2.44 bits per heavy atom. The Morgan fingerprint density at radius 2 is 1.78 bits per heavy atom. The van der Waals surface area contributed by atoms with Crippen LogP contribution in [0.25, 0.3) is 22.0 Å². The zero-order chi connectivity index (χ0) is 19.6. The highest BCUT2D eigenvalue weighted by Crippen LogP contribution is 2.35. The Balaban J connectivity index is 2.28. The van der Waals surface area contributed by atoms with Crippen LogP contribution in [0.4, 0.5) is 4.39 Å². The van der Waals surface area contributed by atoms with Gasteiger partial charge >= 0.3 is 5.97 Å². The molecule has 0 amide bonds. The van der Waals surface area contributed by atoms with E-state index in [0.29, 0.717) is 5.56 Å². The van der Waals surface area contributed by atoms with Crippen LogP contribution in [0.5, 0.6) is 5.75 Å². The SMILES string of the molecule is N#Cc1c(O)c(C(=O)CCC(=O)O)nc2c(-c3ccccc3F)cccc12. The summed E-state index contributed by atoms with van der Waals surface area (Å²) in [6.45, 7) is 0. The number of hydrogen-bond donors (Lipinski definition) is 2. The molecule has 134 valence electrons. The quantitative estimate of drug-likeness (QED) is 0.668. The van der Waals surface area contributed by atoms with Gasteiger partial charge in [0.2, 0.25) is 0 Å². The van der Waals surface area contributed by atoms with Crippen LogP contribution >= 0.6 is 0 Å². The van der Waals surface area contributed by atoms with Gasteiger partial charge in [-0.3, -0.25) is 9.59 Å². The van der Waals surface area contributed by atoms with Gasteiger partial charge in [-0.15, -0.1) is 0 Å². The summed E-state index contributed by atoms with van der Waals surface area (Å²) in [4.78, 5) is 27.2. The van der Waals surface area contributed by atoms with Gasteiger partial charge in [0.15, 0.2) is 11.5 Å². The molecule has 0 aliphatic carbocycles. The molecule has 0 saturated heterocycles. The third-order valence-electron chi connectivity index (χ3n) is 4.10. The number of Topliss-reactive ketones (excluding diaryl/α,β-unsaturated/α-hetero) is 1. The zero-order valence-corrected chi connectivity index (χ0v) is 13.9. The predicted octanol–water partition coefficient (Wildman–Crippen LogP) is 3.67. The van der Waals surface area contributed by atoms with Crippen molar-refractivity contribution in [3.63, 3.8) is 0 Å². The van der Waals surface area contributed by atoms with Gasteiger partial charge in [0.1, 0.15) is 23.1 Å². The van der Waals surface area contributed by atoms with E-state index in [1.54, 1.807) is 18.2 Å². The van der Waals surface area contributed by atoms with Crippen molar-refractivity contribution >= 4 is 22.7 Å². The number of para-hydroxylation sites is 1. The first-order valence-electron chi connectivity index (χ1n) is 7.99. The van der Waals surface area contributed by atoms with Crippen LogP contribution in [-0.4, -0.2) is 26.9 Å². The third-order valence-corrected chi connectivity index (χ3v) is 4.10. The molecule has 0 aliphatic heterocycles. The molecule has 0 bridgehead atoms. The van der Waals surface area contributed by atoms with Crippen LogP contribution in [0, 0.1) is 17.1 Å². The number of halogens is 1. The van der Waals surface area contributed by atoms with E-state index in [4.69, 9.17) is 5.11 Å². The molecule has 27 heavy (non-hydrogen) atoms. The summed E-state index contributed by atoms with van der Waals surface area (Å²) in [6, 6.07) is 12.6. The minimum Gasteiger partial charge on any atom is -0.504 e. The lowest BCUT2D eigenvalue weighted by Gasteiger charge is -2.12. The molecule has 2 aromatic carbocycles. The number of nitrogens with zero attached hydrogens (tertiary/aromatic N) is 2. The van der Waals surface area contributed by atoms with Crippen molar-refractivity contribution in [2.75, 3.05) is 0 Å². The number of carbonyl (C=O) groups excluding carboxylic acids is 1. The maximum absolute atomic E-state index is 14.3. The largest absolute Gasteiger partial charge is 0.504 e. The van der Waals surface area contributed by atoms with Crippen LogP contribution in [0.3, 0.4) is 0 Å². The zero-order valence-electron chi connectivity index (χ0n) is 13.9. The van der Waals surface area contributed by atoms with E-state index in [2.05, 4.69) is 4.98 Å². The summed E-state index contributed by atoms with van der Waals surface area (Å²) in [6.07, 6.45) is -0.816. The van der Waals surface area contributed by atoms with Crippen molar-refractivity contribution in [3.05, 3.63) is 59.5 Å². The fourth-order valence-electron chi connectivity index (χ4n) is 2.82. The highest BCUT2D eigenvalue weighted by atomic mass is 19.1. The molecule has 0 saturated carbocycles. The number of carboxylic acid groups (broad SMARTS) is 1. The molecule has 1 heterocycles. The number of nitriles is 1. The third kappa shape index (κ3) is 3.33. The van der Waals surface area contributed by atoms with Crippen LogP contribution in [0.15, 0.2) is 42.5 Å². The van der Waals surface area contributed by atoms with Crippen molar-refractivity contribution in [3.8, 4) is 22.9 Å². The second kappa shape index (κ2) is 7.22. The Labute approximate surface area is 153 Å². The van der Waals surface area contributed by atoms with E-state index in [9.17, 15) is 24.3 Å². The van der Waals surface area contributed by atoms with Crippen molar-refractivity contribution in [2.45, 2.75) is 12.8 Å². The average molecular weight is 364 g/mol. The van der Waals surface area contributed by atoms with Crippen LogP contribution < -0.4 is 0 Å². The lowest BCUT2D eigenvalue weighted by atomic mass is 9.97. The minimum atomic E-state index is -1.17. The predicted molar refractivity (Wildman–Crippen MR) is 94.7 cm³/mol. The van der Waals surface area contributed by atoms with Crippen LogP contribution in [-0.2, 0) is 4.79 Å². The number of rotatable bonds is 5. The number of carboxylic acids is 1. The number of fused-ring (bicyclic) bond motifs is 1. The van der Waals surface area contributed by atoms with Crippen LogP contribution in [0.2, 0.25) is 0 Å². The lowest BCUT2D eigenvalue weighted by Crippen LogP contribution is -2.08. The Kier molecular flexibility index (Phi) is 4.81. The molecule has 2 N–H and O–H groups in total. The summed E-state index contributed by atoms with van der Waals surface area (Å²) in [7, 11) is 0. The number of aromatic nitrogens is 1. The topological polar surface area (TPSA) is 111 Å². The normalized spacial score (nSPS) is 10.5. The monoisotopic (exact) mass is 364 g/mol. The average Bonchev–Trinajstić information content (AvgIpc) is 2.65. The number of pyridine rings is 1. The highest BCUT2D eigenvalue weighted by Gasteiger charge is 2.22. The van der Waals surface area contributed by atoms with E-state index in [-0.39, 0.29) is 28.5 Å². The number of aliphatic carboxylic acids is 1. The summed E-state index contributed by atoms with van der Waals surface area (Å²) in [5.74, 6) is -2.99. The molecular weight excluding hydrogens is 351 g/mol. The van der Waals surface area contributed by atoms with E-state index in [1.165, 1.54) is 24.3 Å². The molecule has 0 radical (unpaired) electrons. The maximum Gasteiger partial charge on any atom is 0.303 e. The van der Waals surface area contributed by atoms with Crippen molar-refractivity contribution in [1.82, 2.24) is 4.98 Å². The summed E-state index contributed by atoms with van der Waals surface area (Å²) in [5.41, 5.74) is 0.195. The molecule has 0 fully saturated rings. The fraction of sp³-hybridized carbons (Fsp3) is 0.100. The lowest BCUT2D eigenvalue weighted by molar-refractivity contribution is -0.136. The van der Waals surface area contributed by atoms with Gasteiger partial charge < -0.3 is 10.2 Å². The number of hydrogen-bond acceptors (Lipinski definition) is 5. The van der Waals surface area contributed by atoms with Crippen molar-refractivity contribution in [1.29, 1.82) is 5.26 Å². The molecule has 0 atom stereocenters. The molecule has 1 aromatic heterocycles. The first-order valence-corrected chi connectivity index (χ1v) is 7.99. The number of carbonyl (C=O) groups is 2. The Hall–Kier alpha value is -3.79. The number of aromatic hydroxyl groups is 1. The van der Waals surface area contributed by atoms with E-state index < -0.39 is 35.4 Å². The highest BCUT2D eigenvalue weighted by molar-refractivity contribution is 6.05. The molecule has 3 rings (SSSR count). The second-order valence-electron chi connectivity index (χ2n) is 5.79. The van der Waals surface area contributed by atoms with Crippen molar-refractivity contribution < 1.29 is 24.2 Å². The minimum absolute atomic E-state index is 0.170. The molecular formula is C20H13FN2O4. The maximum atomic E-state index is 14.3. The molecule has 0 spiro atoms. The number of benzene rings is 2. The Bertz CT molecular complexity index is 1120. The molecule has 3 aromatic rings. The first kappa shape index (κ1) is 18.0. The van der Waals surface area contributed by atoms with Crippen molar-refractivity contribution in [2.24, 2.45) is 0 Å². The van der Waals surface area contributed by atoms with E-state index >= 15 is 0 Å². The van der Waals surface area contributed by atoms with Gasteiger partial charge in [-0.2, -0.15) is 5.26 Å². The summed E-state index contributed by atoms with van der Waals surface area (Å²) >= 11 is 0. The van der Waals surface area contributed by atoms with Gasteiger partial charge in [-0.1, -0.05) is 36.4 Å². The standard InChI is InChI=1S/C20H13FN2O4/c21-15-7-2-1-4-11(15)12-5-3-6-13-14(10-22)20(27)19(23-18(12)13)16(24)8-9-17(25)26/h1-7,27H,8-9H2,(H,25,26). The Morgan fingerprint density at radius 1 is 1.07 bits per heavy atom. The van der Waals surface area contributed by atoms with Gasteiger partial charge in [0.05, 0.1) is 11.9 Å².